The fourth-order valence-electron chi connectivity index (χ4n) is 4.37. The molecule has 1 nitrogen and oxygen atoms in total. The van der Waals surface area contributed by atoms with E-state index in [0.717, 1.165) is 6.42 Å². The van der Waals surface area contributed by atoms with Crippen LogP contribution in [0.5, 0.6) is 0 Å². The van der Waals surface area contributed by atoms with Crippen LogP contribution in [0.15, 0.2) is 30.3 Å². The summed E-state index contributed by atoms with van der Waals surface area (Å²) in [5.41, 5.74) is 2.39. The Kier molecular flexibility index (Phi) is 1.04. The molecule has 1 aromatic rings. The highest BCUT2D eigenvalue weighted by atomic mass is 14.9. The first-order chi connectivity index (χ1) is 7.29. The van der Waals surface area contributed by atoms with Gasteiger partial charge in [-0.15, -0.1) is 0 Å². The Hall–Kier alpha value is -1.29. The molecule has 3 unspecified atom stereocenters. The van der Waals surface area contributed by atoms with Gasteiger partial charge in [0.15, 0.2) is 0 Å². The fraction of sp³-hybridized carbons (Fsp3) is 0.500. The van der Waals surface area contributed by atoms with Crippen molar-refractivity contribution in [1.29, 1.82) is 5.26 Å². The van der Waals surface area contributed by atoms with Crippen LogP contribution in [0, 0.1) is 22.2 Å². The van der Waals surface area contributed by atoms with Gasteiger partial charge in [-0.25, -0.2) is 0 Å². The van der Waals surface area contributed by atoms with Crippen molar-refractivity contribution in [2.24, 2.45) is 10.8 Å². The highest BCUT2D eigenvalue weighted by Crippen LogP contribution is 2.94. The molecule has 0 aliphatic heterocycles. The molecule has 74 valence electrons. The minimum Gasteiger partial charge on any atom is -0.198 e. The van der Waals surface area contributed by atoms with Crippen LogP contribution in [0.2, 0.25) is 0 Å². The second-order valence-corrected chi connectivity index (χ2v) is 5.58. The lowest BCUT2D eigenvalue weighted by molar-refractivity contribution is 0.558. The normalized spacial score (nSPS) is 49.0. The molecule has 0 aromatic heterocycles. The van der Waals surface area contributed by atoms with Crippen molar-refractivity contribution in [2.45, 2.75) is 31.1 Å². The summed E-state index contributed by atoms with van der Waals surface area (Å²) < 4.78 is 0. The molecule has 0 amide bonds. The lowest BCUT2D eigenvalue weighted by atomic mass is 9.91. The third kappa shape index (κ3) is 0.614. The van der Waals surface area contributed by atoms with Crippen LogP contribution >= 0.6 is 0 Å². The van der Waals surface area contributed by atoms with Gasteiger partial charge in [0.1, 0.15) is 0 Å². The standard InChI is InChI=1S/C14H13N/c15-10-12-6-7-13(9-14(12,13)8-12)11-4-2-1-3-5-11/h1-5H,6-9H2. The molecule has 3 aliphatic rings. The molecule has 1 spiro atoms. The maximum atomic E-state index is 9.27. The van der Waals surface area contributed by atoms with Crippen LogP contribution in [-0.4, -0.2) is 0 Å². The number of benzene rings is 1. The predicted molar refractivity (Wildman–Crippen MR) is 57.1 cm³/mol. The Morgan fingerprint density at radius 1 is 1.07 bits per heavy atom. The van der Waals surface area contributed by atoms with Gasteiger partial charge in [-0.3, -0.25) is 0 Å². The number of rotatable bonds is 1. The Morgan fingerprint density at radius 2 is 1.87 bits per heavy atom. The highest BCUT2D eigenvalue weighted by Gasteiger charge is 2.91. The predicted octanol–water partition coefficient (Wildman–Crippen LogP) is 3.02. The summed E-state index contributed by atoms with van der Waals surface area (Å²) in [6.07, 6.45) is 4.83. The molecule has 3 aliphatic carbocycles. The average Bonchev–Trinajstić information content (AvgIpc) is 3.15. The summed E-state index contributed by atoms with van der Waals surface area (Å²) in [5.74, 6) is 0. The van der Waals surface area contributed by atoms with E-state index in [9.17, 15) is 5.26 Å². The van der Waals surface area contributed by atoms with E-state index in [1.165, 1.54) is 24.8 Å². The quantitative estimate of drug-likeness (QED) is 0.675. The number of nitrogens with zero attached hydrogens (tertiary/aromatic N) is 1. The third-order valence-electron chi connectivity index (χ3n) is 5.31. The van der Waals surface area contributed by atoms with E-state index in [2.05, 4.69) is 36.4 Å². The minimum absolute atomic E-state index is 0.0862. The molecule has 4 rings (SSSR count). The summed E-state index contributed by atoms with van der Waals surface area (Å²) in [4.78, 5) is 0. The smallest absolute Gasteiger partial charge is 0.0696 e. The first-order valence-electron chi connectivity index (χ1n) is 5.76. The molecule has 3 atom stereocenters. The number of hydrogen-bond acceptors (Lipinski definition) is 1. The molecule has 0 N–H and O–H groups in total. The molecule has 1 aromatic carbocycles. The molecular weight excluding hydrogens is 182 g/mol. The van der Waals surface area contributed by atoms with Gasteiger partial charge in [0.05, 0.1) is 11.5 Å². The van der Waals surface area contributed by atoms with Crippen LogP contribution in [-0.2, 0) is 5.41 Å². The van der Waals surface area contributed by atoms with Crippen molar-refractivity contribution in [3.05, 3.63) is 35.9 Å². The van der Waals surface area contributed by atoms with Crippen LogP contribution in [0.4, 0.5) is 0 Å². The first-order valence-corrected chi connectivity index (χ1v) is 5.76. The maximum Gasteiger partial charge on any atom is 0.0696 e. The molecular formula is C14H13N. The van der Waals surface area contributed by atoms with Crippen molar-refractivity contribution < 1.29 is 0 Å². The molecule has 0 saturated heterocycles. The van der Waals surface area contributed by atoms with Gasteiger partial charge in [-0.1, -0.05) is 30.3 Å². The topological polar surface area (TPSA) is 23.8 Å². The molecule has 0 bridgehead atoms. The van der Waals surface area contributed by atoms with Gasteiger partial charge >= 0.3 is 0 Å². The van der Waals surface area contributed by atoms with Gasteiger partial charge in [0.25, 0.3) is 0 Å². The summed E-state index contributed by atoms with van der Waals surface area (Å²) in [6.45, 7) is 0. The van der Waals surface area contributed by atoms with Gasteiger partial charge in [0, 0.05) is 10.8 Å². The van der Waals surface area contributed by atoms with E-state index in [1.54, 1.807) is 0 Å². The molecule has 15 heavy (non-hydrogen) atoms. The van der Waals surface area contributed by atoms with Crippen LogP contribution in [0.3, 0.4) is 0 Å². The third-order valence-corrected chi connectivity index (χ3v) is 5.31. The summed E-state index contributed by atoms with van der Waals surface area (Å²) in [5, 5.41) is 9.27. The molecule has 0 radical (unpaired) electrons. The monoisotopic (exact) mass is 195 g/mol. The summed E-state index contributed by atoms with van der Waals surface area (Å²) in [7, 11) is 0. The minimum atomic E-state index is 0.0862. The average molecular weight is 195 g/mol. The van der Waals surface area contributed by atoms with Crippen molar-refractivity contribution in [2.75, 3.05) is 0 Å². The van der Waals surface area contributed by atoms with Gasteiger partial charge < -0.3 is 0 Å². The van der Waals surface area contributed by atoms with E-state index in [1.807, 2.05) is 0 Å². The van der Waals surface area contributed by atoms with Crippen LogP contribution in [0.1, 0.15) is 31.2 Å². The zero-order chi connectivity index (χ0) is 10.1. The molecule has 3 fully saturated rings. The Morgan fingerprint density at radius 3 is 2.40 bits per heavy atom. The Bertz CT molecular complexity index is 478. The largest absolute Gasteiger partial charge is 0.198 e. The summed E-state index contributed by atoms with van der Waals surface area (Å²) >= 11 is 0. The van der Waals surface area contributed by atoms with Crippen molar-refractivity contribution in [3.63, 3.8) is 0 Å². The Balaban J connectivity index is 1.82. The van der Waals surface area contributed by atoms with E-state index in [0.29, 0.717) is 10.8 Å². The lowest BCUT2D eigenvalue weighted by Crippen LogP contribution is -2.06. The summed E-state index contributed by atoms with van der Waals surface area (Å²) in [6, 6.07) is 13.4. The van der Waals surface area contributed by atoms with Crippen LogP contribution in [0.25, 0.3) is 0 Å². The van der Waals surface area contributed by atoms with E-state index >= 15 is 0 Å². The van der Waals surface area contributed by atoms with E-state index in [4.69, 9.17) is 0 Å². The lowest BCUT2D eigenvalue weighted by Gasteiger charge is -2.13. The zero-order valence-electron chi connectivity index (χ0n) is 8.66. The maximum absolute atomic E-state index is 9.27. The van der Waals surface area contributed by atoms with Gasteiger partial charge in [0.2, 0.25) is 0 Å². The second-order valence-electron chi connectivity index (χ2n) is 5.58. The number of nitriles is 1. The zero-order valence-corrected chi connectivity index (χ0v) is 8.66. The fourth-order valence-corrected chi connectivity index (χ4v) is 4.37. The van der Waals surface area contributed by atoms with E-state index < -0.39 is 0 Å². The molecule has 0 heterocycles. The van der Waals surface area contributed by atoms with E-state index in [-0.39, 0.29) is 5.41 Å². The van der Waals surface area contributed by atoms with Gasteiger partial charge in [-0.2, -0.15) is 5.26 Å². The number of hydrogen-bond donors (Lipinski definition) is 0. The first kappa shape index (κ1) is 7.93. The van der Waals surface area contributed by atoms with Crippen molar-refractivity contribution in [3.8, 4) is 6.07 Å². The van der Waals surface area contributed by atoms with Crippen molar-refractivity contribution >= 4 is 0 Å². The highest BCUT2D eigenvalue weighted by molar-refractivity contribution is 5.53. The SMILES string of the molecule is N#CC12CCC3(c4ccccc4)CC13C2. The Labute approximate surface area is 89.7 Å². The molecule has 3 saturated carbocycles. The second kappa shape index (κ2) is 1.97. The van der Waals surface area contributed by atoms with Gasteiger partial charge in [-0.05, 0) is 31.2 Å². The van der Waals surface area contributed by atoms with Crippen molar-refractivity contribution in [1.82, 2.24) is 0 Å². The van der Waals surface area contributed by atoms with Crippen LogP contribution < -0.4 is 0 Å². The molecule has 1 heteroatoms.